The molecule has 4 bridgehead atoms. The summed E-state index contributed by atoms with van der Waals surface area (Å²) < 4.78 is 11.4. The molecule has 0 amide bonds. The number of rotatable bonds is 1. The number of hydrogen-bond acceptors (Lipinski definition) is 8. The fraction of sp³-hybridized carbons (Fsp3) is 0.818. The van der Waals surface area contributed by atoms with Gasteiger partial charge in [-0.2, -0.15) is 0 Å². The average molecular weight is 422 g/mol. The van der Waals surface area contributed by atoms with Crippen LogP contribution in [0.3, 0.4) is 0 Å². The van der Waals surface area contributed by atoms with Crippen LogP contribution in [0.4, 0.5) is 0 Å². The van der Waals surface area contributed by atoms with Gasteiger partial charge in [0.2, 0.25) is 5.79 Å². The number of ketones is 1. The van der Waals surface area contributed by atoms with Gasteiger partial charge in [-0.15, -0.1) is 0 Å². The monoisotopic (exact) mass is 422 g/mol. The molecule has 2 aliphatic heterocycles. The first-order valence-corrected chi connectivity index (χ1v) is 10.7. The molecule has 4 aliphatic carbocycles. The molecule has 166 valence electrons. The Hall–Kier alpha value is -1.32. The summed E-state index contributed by atoms with van der Waals surface area (Å²) in [5, 5.41) is 45.8. The van der Waals surface area contributed by atoms with Crippen LogP contribution in [0, 0.1) is 34.0 Å². The van der Waals surface area contributed by atoms with Crippen molar-refractivity contribution in [2.45, 2.75) is 76.8 Å². The van der Waals surface area contributed by atoms with Gasteiger partial charge in [0.15, 0.2) is 12.1 Å². The largest absolute Gasteiger partial charge is 0.462 e. The van der Waals surface area contributed by atoms with Gasteiger partial charge >= 0.3 is 5.97 Å². The Balaban J connectivity index is 1.82. The molecule has 4 saturated carbocycles. The molecule has 2 spiro atoms. The van der Waals surface area contributed by atoms with Gasteiger partial charge in [0.25, 0.3) is 0 Å². The molecule has 0 unspecified atom stereocenters. The Morgan fingerprint density at radius 1 is 1.17 bits per heavy atom. The van der Waals surface area contributed by atoms with E-state index in [0.717, 1.165) is 0 Å². The summed E-state index contributed by atoms with van der Waals surface area (Å²) in [4.78, 5) is 25.5. The summed E-state index contributed by atoms with van der Waals surface area (Å²) in [5.74, 6) is -5.52. The number of Topliss-reactive ketones (excluding diaryl/α,β-unsaturated/α-hetero) is 1. The highest BCUT2D eigenvalue weighted by atomic mass is 16.7. The maximum atomic E-state index is 13.6. The van der Waals surface area contributed by atoms with Gasteiger partial charge in [0, 0.05) is 18.8 Å². The van der Waals surface area contributed by atoms with Crippen molar-refractivity contribution < 1.29 is 39.5 Å². The van der Waals surface area contributed by atoms with Gasteiger partial charge in [-0.3, -0.25) is 9.59 Å². The third kappa shape index (κ3) is 1.84. The fourth-order valence-corrected chi connectivity index (χ4v) is 8.30. The summed E-state index contributed by atoms with van der Waals surface area (Å²) in [6.07, 6.45) is -3.39. The number of aliphatic hydroxyl groups excluding tert-OH is 3. The number of carbonyl (C=O) groups is 2. The maximum Gasteiger partial charge on any atom is 0.302 e. The van der Waals surface area contributed by atoms with Crippen LogP contribution in [0.15, 0.2) is 12.2 Å². The molecular formula is C22H30O8. The third-order valence-corrected chi connectivity index (χ3v) is 9.21. The van der Waals surface area contributed by atoms with E-state index < -0.39 is 76.1 Å². The molecule has 0 aromatic heterocycles. The molecule has 2 heterocycles. The van der Waals surface area contributed by atoms with Crippen LogP contribution in [-0.4, -0.2) is 62.6 Å². The molecule has 6 rings (SSSR count). The van der Waals surface area contributed by atoms with E-state index >= 15 is 0 Å². The summed E-state index contributed by atoms with van der Waals surface area (Å²) in [7, 11) is 0. The topological polar surface area (TPSA) is 134 Å². The number of ether oxygens (including phenoxy) is 2. The van der Waals surface area contributed by atoms with Crippen molar-refractivity contribution in [3.8, 4) is 0 Å². The molecule has 8 nitrogen and oxygen atoms in total. The number of hydrogen-bond donors (Lipinski definition) is 4. The number of carbonyl (C=O) groups excluding carboxylic acids is 2. The molecule has 6 aliphatic rings. The van der Waals surface area contributed by atoms with Crippen molar-refractivity contribution in [2.75, 3.05) is 0 Å². The van der Waals surface area contributed by atoms with E-state index in [1.165, 1.54) is 6.92 Å². The van der Waals surface area contributed by atoms with Crippen molar-refractivity contribution >= 4 is 11.8 Å². The highest BCUT2D eigenvalue weighted by molar-refractivity contribution is 6.05. The minimum atomic E-state index is -2.46. The van der Waals surface area contributed by atoms with Gasteiger partial charge in [-0.05, 0) is 42.6 Å². The van der Waals surface area contributed by atoms with Crippen LogP contribution < -0.4 is 0 Å². The predicted octanol–water partition coefficient (Wildman–Crippen LogP) is 0.265. The van der Waals surface area contributed by atoms with E-state index in [1.54, 1.807) is 0 Å². The Kier molecular flexibility index (Phi) is 3.92. The molecule has 10 atom stereocenters. The molecule has 8 heteroatoms. The van der Waals surface area contributed by atoms with Crippen LogP contribution in [-0.2, 0) is 19.1 Å². The minimum absolute atomic E-state index is 0.211. The maximum absolute atomic E-state index is 13.6. The zero-order valence-corrected chi connectivity index (χ0v) is 17.5. The molecule has 0 aromatic rings. The molecule has 30 heavy (non-hydrogen) atoms. The number of fused-ring (bicyclic) bond motifs is 2. The average Bonchev–Trinajstić information content (AvgIpc) is 2.74. The van der Waals surface area contributed by atoms with Crippen molar-refractivity contribution in [1.29, 1.82) is 0 Å². The minimum Gasteiger partial charge on any atom is -0.462 e. The van der Waals surface area contributed by atoms with Crippen molar-refractivity contribution in [3.63, 3.8) is 0 Å². The first kappa shape index (κ1) is 20.6. The molecular weight excluding hydrogens is 392 g/mol. The van der Waals surface area contributed by atoms with Gasteiger partial charge < -0.3 is 29.9 Å². The standard InChI is InChI=1S/C22H30O8/c1-9-11-5-6-12-20-13(29-10(2)23)7-8-19(3,4)14(20)17(26)22(28,30-18(20)27)21(12,15(9)24)16(11)25/h11-14,16-18,25-28H,1,5-8H2,2-4H3/t11-,12+,13+,14-,16-,17+,18-,20+,21+,22-/m1/s1. The zero-order chi connectivity index (χ0) is 22.0. The second-order valence-corrected chi connectivity index (χ2v) is 10.6. The van der Waals surface area contributed by atoms with Gasteiger partial charge in [-0.25, -0.2) is 0 Å². The summed E-state index contributed by atoms with van der Waals surface area (Å²) >= 11 is 0. The molecule has 0 aromatic carbocycles. The Labute approximate surface area is 174 Å². The summed E-state index contributed by atoms with van der Waals surface area (Å²) in [5.41, 5.74) is -3.53. The Morgan fingerprint density at radius 2 is 1.83 bits per heavy atom. The van der Waals surface area contributed by atoms with Crippen LogP contribution >= 0.6 is 0 Å². The molecule has 6 fully saturated rings. The Morgan fingerprint density at radius 3 is 2.47 bits per heavy atom. The predicted molar refractivity (Wildman–Crippen MR) is 101 cm³/mol. The van der Waals surface area contributed by atoms with E-state index in [9.17, 15) is 30.0 Å². The van der Waals surface area contributed by atoms with Crippen LogP contribution in [0.25, 0.3) is 0 Å². The second-order valence-electron chi connectivity index (χ2n) is 10.6. The van der Waals surface area contributed by atoms with E-state index in [-0.39, 0.29) is 5.57 Å². The SMILES string of the molecule is C=C1C(=O)[C@]23[C@H](O)[C@@H]1CC[C@H]2[C@@]12[C@H](O)O[C@]3(O)[C@@H](O)[C@@H]1C(C)(C)CC[C@@H]2OC(C)=O. The lowest BCUT2D eigenvalue weighted by molar-refractivity contribution is -0.507. The normalized spacial score (nSPS) is 55.8. The smallest absolute Gasteiger partial charge is 0.302 e. The van der Waals surface area contributed by atoms with Crippen LogP contribution in [0.2, 0.25) is 0 Å². The number of aliphatic hydroxyl groups is 4. The van der Waals surface area contributed by atoms with Gasteiger partial charge in [0.05, 0.1) is 11.5 Å². The molecule has 2 saturated heterocycles. The van der Waals surface area contributed by atoms with Crippen molar-refractivity contribution in [2.24, 2.45) is 34.0 Å². The first-order valence-electron chi connectivity index (χ1n) is 10.7. The van der Waals surface area contributed by atoms with Gasteiger partial charge in [-0.1, -0.05) is 20.4 Å². The summed E-state index contributed by atoms with van der Waals surface area (Å²) in [6.45, 7) is 9.02. The number of esters is 1. The Bertz CT molecular complexity index is 852. The first-order chi connectivity index (χ1) is 13.9. The lowest BCUT2D eigenvalue weighted by Crippen LogP contribution is -2.87. The van der Waals surface area contributed by atoms with Crippen LogP contribution in [0.1, 0.15) is 46.5 Å². The fourth-order valence-electron chi connectivity index (χ4n) is 8.30. The van der Waals surface area contributed by atoms with E-state index in [1.807, 2.05) is 13.8 Å². The third-order valence-electron chi connectivity index (χ3n) is 9.21. The van der Waals surface area contributed by atoms with E-state index in [0.29, 0.717) is 25.7 Å². The second kappa shape index (κ2) is 5.72. The van der Waals surface area contributed by atoms with E-state index in [4.69, 9.17) is 9.47 Å². The highest BCUT2D eigenvalue weighted by Gasteiger charge is 2.89. The zero-order valence-electron chi connectivity index (χ0n) is 17.5. The molecule has 0 radical (unpaired) electrons. The quantitative estimate of drug-likeness (QED) is 0.349. The van der Waals surface area contributed by atoms with Gasteiger partial charge in [0.1, 0.15) is 17.6 Å². The van der Waals surface area contributed by atoms with Crippen LogP contribution in [0.5, 0.6) is 0 Å². The lowest BCUT2D eigenvalue weighted by atomic mass is 9.35. The summed E-state index contributed by atoms with van der Waals surface area (Å²) in [6, 6.07) is 0. The lowest BCUT2D eigenvalue weighted by Gasteiger charge is -2.75. The van der Waals surface area contributed by atoms with Crippen molar-refractivity contribution in [1.82, 2.24) is 0 Å². The van der Waals surface area contributed by atoms with E-state index in [2.05, 4.69) is 6.58 Å². The van der Waals surface area contributed by atoms with Crippen molar-refractivity contribution in [3.05, 3.63) is 12.2 Å². The highest BCUT2D eigenvalue weighted by Crippen LogP contribution is 2.77. The molecule has 4 N–H and O–H groups in total.